The van der Waals surface area contributed by atoms with Gasteiger partial charge in [-0.2, -0.15) is 35.1 Å². The maximum Gasteiger partial charge on any atom is 0.501 e. The summed E-state index contributed by atoms with van der Waals surface area (Å²) in [5.41, 5.74) is 0. The van der Waals surface area contributed by atoms with Gasteiger partial charge in [0.1, 0.15) is 0 Å². The van der Waals surface area contributed by atoms with Crippen molar-refractivity contribution in [2.75, 3.05) is 0 Å². The Bertz CT molecular complexity index is 1650. The number of rotatable bonds is 8. The number of hydrogen-bond acceptors (Lipinski definition) is 6. The van der Waals surface area contributed by atoms with E-state index >= 15 is 0 Å². The Kier molecular flexibility index (Phi) is 11.5. The average molecular weight is 715 g/mol. The van der Waals surface area contributed by atoms with Gasteiger partial charge in [0.05, 0.1) is 10.9 Å². The van der Waals surface area contributed by atoms with Crippen molar-refractivity contribution in [1.29, 1.82) is 0 Å². The van der Waals surface area contributed by atoms with Crippen LogP contribution >= 0.6 is 11.8 Å². The van der Waals surface area contributed by atoms with E-state index in [0.29, 0.717) is 0 Å². The molecule has 46 heavy (non-hydrogen) atoms. The summed E-state index contributed by atoms with van der Waals surface area (Å²) in [5, 5.41) is -6.62. The number of ether oxygens (including phenoxy) is 1. The number of benzene rings is 4. The van der Waals surface area contributed by atoms with Gasteiger partial charge in [-0.1, -0.05) is 66.4 Å². The molecule has 0 bridgehead atoms. The molecule has 1 atom stereocenters. The average Bonchev–Trinajstić information content (AvgIpc) is 2.98. The fourth-order valence-corrected chi connectivity index (χ4v) is 6.84. The van der Waals surface area contributed by atoms with Gasteiger partial charge >= 0.3 is 29.4 Å². The normalized spacial score (nSPS) is 13.7. The molecular formula is C29H19F9O5S3. The van der Waals surface area contributed by atoms with Crippen LogP contribution in [0, 0.1) is 0 Å². The lowest BCUT2D eigenvalue weighted by molar-refractivity contribution is -0.380. The van der Waals surface area contributed by atoms with E-state index in [0.717, 1.165) is 0 Å². The first-order valence-corrected chi connectivity index (χ1v) is 15.8. The molecule has 246 valence electrons. The maximum absolute atomic E-state index is 12.9. The van der Waals surface area contributed by atoms with Crippen LogP contribution in [0.3, 0.4) is 0 Å². The molecule has 0 N–H and O–H groups in total. The minimum Gasteiger partial charge on any atom is -0.745 e. The molecule has 0 saturated carbocycles. The predicted molar refractivity (Wildman–Crippen MR) is 149 cm³/mol. The molecule has 4 rings (SSSR count). The summed E-state index contributed by atoms with van der Waals surface area (Å²) in [7, 11) is -7.43. The van der Waals surface area contributed by atoms with Crippen molar-refractivity contribution in [1.82, 2.24) is 0 Å². The molecule has 4 aromatic rings. The summed E-state index contributed by atoms with van der Waals surface area (Å²) in [6.07, 6.45) is -20.3. The van der Waals surface area contributed by atoms with Crippen LogP contribution in [-0.4, -0.2) is 42.4 Å². The van der Waals surface area contributed by atoms with Crippen LogP contribution < -0.4 is 0 Å². The van der Waals surface area contributed by atoms with E-state index in [1.165, 1.54) is 24.5 Å². The fourth-order valence-electron chi connectivity index (χ4n) is 3.39. The van der Waals surface area contributed by atoms with Gasteiger partial charge in [0.15, 0.2) is 24.8 Å². The molecule has 0 fully saturated rings. The SMILES string of the molecule is O=C(OC(F)(F)C(F)(F)F)C(F)(C(F)(F)F)S(=O)(=O)[O-].c1ccc(Sc2ccc([S+](c3ccccc3)c3ccccc3)cc2)cc1. The van der Waals surface area contributed by atoms with Gasteiger partial charge in [0, 0.05) is 9.79 Å². The Balaban J connectivity index is 0.000000262. The number of hydrogen-bond donors (Lipinski definition) is 0. The van der Waals surface area contributed by atoms with E-state index in [1.54, 1.807) is 11.8 Å². The second kappa shape index (κ2) is 14.4. The highest BCUT2D eigenvalue weighted by atomic mass is 32.2. The van der Waals surface area contributed by atoms with Gasteiger partial charge in [-0.3, -0.25) is 0 Å². The van der Waals surface area contributed by atoms with Crippen molar-refractivity contribution in [2.24, 2.45) is 0 Å². The lowest BCUT2D eigenvalue weighted by Gasteiger charge is -2.29. The van der Waals surface area contributed by atoms with Crippen LogP contribution in [0.5, 0.6) is 0 Å². The zero-order valence-electron chi connectivity index (χ0n) is 22.6. The molecule has 0 spiro atoms. The van der Waals surface area contributed by atoms with Crippen molar-refractivity contribution in [3.63, 3.8) is 0 Å². The molecule has 4 aromatic carbocycles. The highest BCUT2D eigenvalue weighted by molar-refractivity contribution is 7.99. The standard InChI is InChI=1S/C24H19S2.C5HF9O5S/c1-4-10-20(11-5-1)25-21-16-18-24(19-17-21)26(22-12-6-2-7-13-22)23-14-8-3-9-15-23;6-2(3(7,8)9,20(16,17)18)1(15)19-5(13,14)4(10,11)12/h1-19H;(H,16,17,18)/q+1;/p-1. The van der Waals surface area contributed by atoms with Gasteiger partial charge in [-0.15, -0.1) is 0 Å². The topological polar surface area (TPSA) is 83.5 Å². The van der Waals surface area contributed by atoms with Crippen LogP contribution in [0.4, 0.5) is 39.5 Å². The third kappa shape index (κ3) is 8.77. The molecule has 0 heterocycles. The summed E-state index contributed by atoms with van der Waals surface area (Å²) >= 11 is 1.80. The van der Waals surface area contributed by atoms with Gasteiger partial charge in [-0.25, -0.2) is 17.6 Å². The van der Waals surface area contributed by atoms with Crippen molar-refractivity contribution in [3.8, 4) is 0 Å². The molecule has 1 unspecified atom stereocenters. The number of esters is 1. The highest BCUT2D eigenvalue weighted by Crippen LogP contribution is 2.43. The molecule has 0 radical (unpaired) electrons. The van der Waals surface area contributed by atoms with Crippen LogP contribution in [-0.2, 0) is 30.5 Å². The minimum absolute atomic E-state index is 0.0786. The van der Waals surface area contributed by atoms with Crippen LogP contribution in [0.1, 0.15) is 0 Å². The smallest absolute Gasteiger partial charge is 0.501 e. The zero-order chi connectivity index (χ0) is 34.4. The first kappa shape index (κ1) is 36.8. The fraction of sp³-hybridized carbons (Fsp3) is 0.138. The Morgan fingerprint density at radius 2 is 0.957 bits per heavy atom. The van der Waals surface area contributed by atoms with Crippen LogP contribution in [0.15, 0.2) is 140 Å². The van der Waals surface area contributed by atoms with E-state index in [2.05, 4.69) is 115 Å². The molecule has 0 aliphatic carbocycles. The molecule has 0 saturated heterocycles. The van der Waals surface area contributed by atoms with Crippen molar-refractivity contribution in [2.45, 2.75) is 47.9 Å². The third-order valence-electron chi connectivity index (χ3n) is 5.52. The lowest BCUT2D eigenvalue weighted by atomic mass is 10.3. The Labute approximate surface area is 263 Å². The van der Waals surface area contributed by atoms with Crippen molar-refractivity contribution < 1.29 is 62.0 Å². The van der Waals surface area contributed by atoms with Crippen LogP contribution in [0.25, 0.3) is 0 Å². The number of carbonyl (C=O) groups excluding carboxylic acids is 1. The Morgan fingerprint density at radius 3 is 1.33 bits per heavy atom. The Hall–Kier alpha value is -3.67. The Morgan fingerprint density at radius 1 is 0.587 bits per heavy atom. The minimum atomic E-state index is -7.36. The summed E-state index contributed by atoms with van der Waals surface area (Å²) in [6, 6.07) is 41.1. The van der Waals surface area contributed by atoms with Crippen LogP contribution in [0.2, 0.25) is 0 Å². The van der Waals surface area contributed by atoms with E-state index in [-0.39, 0.29) is 10.9 Å². The van der Waals surface area contributed by atoms with E-state index in [4.69, 9.17) is 0 Å². The monoisotopic (exact) mass is 714 g/mol. The molecule has 17 heteroatoms. The summed E-state index contributed by atoms with van der Waals surface area (Å²) in [4.78, 5) is 16.9. The molecule has 5 nitrogen and oxygen atoms in total. The molecular weight excluding hydrogens is 695 g/mol. The molecule has 0 aliphatic heterocycles. The predicted octanol–water partition coefficient (Wildman–Crippen LogP) is 8.39. The third-order valence-corrected chi connectivity index (χ3v) is 9.85. The number of alkyl halides is 9. The van der Waals surface area contributed by atoms with Gasteiger partial charge in [-0.05, 0) is 60.7 Å². The number of halogens is 9. The number of carbonyl (C=O) groups is 1. The summed E-state index contributed by atoms with van der Waals surface area (Å²) < 4.78 is 139. The van der Waals surface area contributed by atoms with Crippen molar-refractivity contribution in [3.05, 3.63) is 115 Å². The molecule has 0 aliphatic rings. The second-order valence-corrected chi connectivity index (χ2v) is 13.4. The maximum atomic E-state index is 12.9. The molecule has 0 aromatic heterocycles. The quantitative estimate of drug-likeness (QED) is 0.0790. The largest absolute Gasteiger partial charge is 0.745 e. The summed E-state index contributed by atoms with van der Waals surface area (Å²) in [6.45, 7) is 0. The second-order valence-electron chi connectivity index (χ2n) is 8.77. The van der Waals surface area contributed by atoms with Gasteiger partial charge in [0.25, 0.3) is 0 Å². The highest BCUT2D eigenvalue weighted by Gasteiger charge is 2.72. The molecule has 0 amide bonds. The van der Waals surface area contributed by atoms with E-state index in [1.807, 2.05) is 4.74 Å². The lowest BCUT2D eigenvalue weighted by Crippen LogP contribution is -2.57. The zero-order valence-corrected chi connectivity index (χ0v) is 25.1. The van der Waals surface area contributed by atoms with E-state index in [9.17, 15) is 57.3 Å². The van der Waals surface area contributed by atoms with Gasteiger partial charge < -0.3 is 9.29 Å². The van der Waals surface area contributed by atoms with Gasteiger partial charge in [0.2, 0.25) is 0 Å². The van der Waals surface area contributed by atoms with Crippen molar-refractivity contribution >= 4 is 38.7 Å². The van der Waals surface area contributed by atoms with E-state index < -0.39 is 39.5 Å². The summed E-state index contributed by atoms with van der Waals surface area (Å²) in [5.74, 6) is -4.26. The first-order valence-electron chi connectivity index (χ1n) is 12.3. The first-order chi connectivity index (χ1) is 21.3.